The quantitative estimate of drug-likeness (QED) is 0.177. The van der Waals surface area contributed by atoms with Crippen LogP contribution in [0, 0.1) is 0 Å². The molecular weight excluding hydrogens is 605 g/mol. The summed E-state index contributed by atoms with van der Waals surface area (Å²) in [7, 11) is 0. The second kappa shape index (κ2) is 11.8. The molecule has 2 aromatic heterocycles. The molecule has 7 aromatic carbocycles. The highest BCUT2D eigenvalue weighted by atomic mass is 15.0. The first-order valence-electron chi connectivity index (χ1n) is 17.8. The van der Waals surface area contributed by atoms with Gasteiger partial charge in [-0.1, -0.05) is 115 Å². The third-order valence-electron chi connectivity index (χ3n) is 10.7. The molecule has 50 heavy (non-hydrogen) atoms. The second-order valence-corrected chi connectivity index (χ2v) is 13.6. The lowest BCUT2D eigenvalue weighted by Crippen LogP contribution is -2.00. The highest BCUT2D eigenvalue weighted by Crippen LogP contribution is 2.40. The van der Waals surface area contributed by atoms with Gasteiger partial charge < -0.3 is 9.13 Å². The number of para-hydroxylation sites is 2. The van der Waals surface area contributed by atoms with Gasteiger partial charge in [0.25, 0.3) is 0 Å². The molecule has 0 atom stereocenters. The number of allylic oxidation sites excluding steroid dienone is 2. The van der Waals surface area contributed by atoms with Crippen LogP contribution in [0.15, 0.2) is 170 Å². The number of hydrogen-bond donors (Lipinski definition) is 0. The smallest absolute Gasteiger partial charge is 0.0541 e. The molecule has 0 N–H and O–H groups in total. The van der Waals surface area contributed by atoms with Crippen molar-refractivity contribution in [2.75, 3.05) is 0 Å². The molecule has 2 heteroatoms. The van der Waals surface area contributed by atoms with E-state index in [9.17, 15) is 0 Å². The molecule has 0 bridgehead atoms. The molecule has 0 radical (unpaired) electrons. The molecule has 1 aliphatic rings. The van der Waals surface area contributed by atoms with Crippen molar-refractivity contribution in [3.05, 3.63) is 170 Å². The van der Waals surface area contributed by atoms with Gasteiger partial charge in [-0.2, -0.15) is 0 Å². The molecule has 9 aromatic rings. The molecule has 2 heterocycles. The molecule has 1 aliphatic carbocycles. The summed E-state index contributed by atoms with van der Waals surface area (Å²) < 4.78 is 4.92. The average Bonchev–Trinajstić information content (AvgIpc) is 3.71. The Hall–Kier alpha value is -6.12. The zero-order valence-electron chi connectivity index (χ0n) is 27.9. The van der Waals surface area contributed by atoms with Crippen molar-refractivity contribution in [3.8, 4) is 39.1 Å². The van der Waals surface area contributed by atoms with E-state index in [1.807, 2.05) is 0 Å². The lowest BCUT2D eigenvalue weighted by Gasteiger charge is -2.16. The molecule has 0 unspecified atom stereocenters. The van der Waals surface area contributed by atoms with Gasteiger partial charge >= 0.3 is 0 Å². The summed E-state index contributed by atoms with van der Waals surface area (Å²) in [6.45, 7) is 0. The van der Waals surface area contributed by atoms with E-state index >= 15 is 0 Å². The zero-order valence-corrected chi connectivity index (χ0v) is 27.9. The predicted octanol–water partition coefficient (Wildman–Crippen LogP) is 13.3. The Bertz CT molecular complexity index is 2720. The van der Waals surface area contributed by atoms with Crippen molar-refractivity contribution in [2.24, 2.45) is 0 Å². The highest BCUT2D eigenvalue weighted by Gasteiger charge is 2.18. The first-order valence-corrected chi connectivity index (χ1v) is 17.8. The molecule has 238 valence electrons. The van der Waals surface area contributed by atoms with E-state index < -0.39 is 0 Å². The van der Waals surface area contributed by atoms with Crippen LogP contribution in [0.2, 0.25) is 0 Å². The molecule has 0 saturated heterocycles. The van der Waals surface area contributed by atoms with Crippen LogP contribution in [-0.2, 0) is 0 Å². The maximum absolute atomic E-state index is 2.51. The topological polar surface area (TPSA) is 9.86 Å². The van der Waals surface area contributed by atoms with Crippen molar-refractivity contribution in [1.82, 2.24) is 9.13 Å². The van der Waals surface area contributed by atoms with E-state index in [2.05, 4.69) is 179 Å². The molecule has 0 aliphatic heterocycles. The van der Waals surface area contributed by atoms with E-state index in [1.165, 1.54) is 108 Å². The number of aromatic nitrogens is 2. The van der Waals surface area contributed by atoms with Gasteiger partial charge in [0, 0.05) is 32.9 Å². The predicted molar refractivity (Wildman–Crippen MR) is 213 cm³/mol. The van der Waals surface area contributed by atoms with Gasteiger partial charge in [-0.05, 0) is 114 Å². The lowest BCUT2D eigenvalue weighted by molar-refractivity contribution is 0.724. The first kappa shape index (κ1) is 28.9. The Morgan fingerprint density at radius 1 is 0.340 bits per heavy atom. The van der Waals surface area contributed by atoms with E-state index in [1.54, 1.807) is 0 Å². The molecule has 10 rings (SSSR count). The molecule has 0 amide bonds. The van der Waals surface area contributed by atoms with Crippen LogP contribution in [0.3, 0.4) is 0 Å². The monoisotopic (exact) mass is 640 g/mol. The second-order valence-electron chi connectivity index (χ2n) is 13.6. The van der Waals surface area contributed by atoms with Gasteiger partial charge in [-0.25, -0.2) is 0 Å². The standard InChI is InChI=1S/C48H36N2/c1-4-12-33(13-5-1)34-20-22-35(23-21-34)36-24-27-47-43(30-36)44-32-38(26-29-48(44)50(47)40-16-8-3-9-17-40)37-25-28-46-42(31-37)41-18-10-11-19-45(41)49(46)39-14-6-2-7-15-39/h1,3-5,8-14,16-32H,2,6-7,15H2. The van der Waals surface area contributed by atoms with Crippen molar-refractivity contribution in [2.45, 2.75) is 25.7 Å². The number of hydrogen-bond acceptors (Lipinski definition) is 0. The fraction of sp³-hybridized carbons (Fsp3) is 0.0833. The Morgan fingerprint density at radius 2 is 0.800 bits per heavy atom. The summed E-state index contributed by atoms with van der Waals surface area (Å²) in [5, 5.41) is 5.16. The van der Waals surface area contributed by atoms with Gasteiger partial charge in [0.05, 0.1) is 22.1 Å². The fourth-order valence-electron chi connectivity index (χ4n) is 8.21. The van der Waals surface area contributed by atoms with E-state index in [4.69, 9.17) is 0 Å². The molecule has 0 fully saturated rings. The Balaban J connectivity index is 1.14. The summed E-state index contributed by atoms with van der Waals surface area (Å²) in [5.41, 5.74) is 15.0. The van der Waals surface area contributed by atoms with E-state index in [0.29, 0.717) is 0 Å². The number of benzene rings is 7. The highest BCUT2D eigenvalue weighted by molar-refractivity contribution is 6.13. The van der Waals surface area contributed by atoms with Crippen LogP contribution in [0.25, 0.3) is 88.4 Å². The summed E-state index contributed by atoms with van der Waals surface area (Å²) in [6, 6.07) is 60.2. The van der Waals surface area contributed by atoms with Crippen LogP contribution in [0.1, 0.15) is 25.7 Å². The van der Waals surface area contributed by atoms with E-state index in [0.717, 1.165) is 6.42 Å². The Kier molecular flexibility index (Phi) is 6.80. The maximum atomic E-state index is 2.51. The third kappa shape index (κ3) is 4.71. The maximum Gasteiger partial charge on any atom is 0.0541 e. The Morgan fingerprint density at radius 3 is 1.42 bits per heavy atom. The van der Waals surface area contributed by atoms with Gasteiger partial charge in [-0.3, -0.25) is 0 Å². The molecule has 2 nitrogen and oxygen atoms in total. The minimum atomic E-state index is 1.14. The molecule has 0 saturated carbocycles. The van der Waals surface area contributed by atoms with E-state index in [-0.39, 0.29) is 0 Å². The van der Waals surface area contributed by atoms with Crippen LogP contribution in [0.4, 0.5) is 0 Å². The minimum Gasteiger partial charge on any atom is -0.313 e. The van der Waals surface area contributed by atoms with Crippen LogP contribution >= 0.6 is 0 Å². The number of fused-ring (bicyclic) bond motifs is 6. The van der Waals surface area contributed by atoms with Crippen LogP contribution in [-0.4, -0.2) is 9.13 Å². The van der Waals surface area contributed by atoms with Gasteiger partial charge in [-0.15, -0.1) is 0 Å². The van der Waals surface area contributed by atoms with Gasteiger partial charge in [0.1, 0.15) is 0 Å². The van der Waals surface area contributed by atoms with Crippen molar-refractivity contribution >= 4 is 49.3 Å². The summed E-state index contributed by atoms with van der Waals surface area (Å²) >= 11 is 0. The Labute approximate surface area is 292 Å². The normalized spacial score (nSPS) is 13.4. The number of nitrogens with zero attached hydrogens (tertiary/aromatic N) is 2. The molecular formula is C48H36N2. The van der Waals surface area contributed by atoms with Crippen molar-refractivity contribution < 1.29 is 0 Å². The summed E-state index contributed by atoms with van der Waals surface area (Å²) in [5.74, 6) is 0. The summed E-state index contributed by atoms with van der Waals surface area (Å²) in [6.07, 6.45) is 7.30. The van der Waals surface area contributed by atoms with Crippen LogP contribution in [0.5, 0.6) is 0 Å². The SMILES string of the molecule is C1=C(n2c3ccccc3c3cc(-c4ccc5c(c4)c4cc(-c6ccc(-c7ccccc7)cc6)ccc4n5-c4ccccc4)ccc32)CCCC1. The largest absolute Gasteiger partial charge is 0.313 e. The van der Waals surface area contributed by atoms with Crippen molar-refractivity contribution in [3.63, 3.8) is 0 Å². The molecule has 0 spiro atoms. The average molecular weight is 641 g/mol. The van der Waals surface area contributed by atoms with Gasteiger partial charge in [0.2, 0.25) is 0 Å². The van der Waals surface area contributed by atoms with Gasteiger partial charge in [0.15, 0.2) is 0 Å². The van der Waals surface area contributed by atoms with Crippen molar-refractivity contribution in [1.29, 1.82) is 0 Å². The fourth-order valence-corrected chi connectivity index (χ4v) is 8.21. The van der Waals surface area contributed by atoms with Crippen LogP contribution < -0.4 is 0 Å². The first-order chi connectivity index (χ1) is 24.8. The third-order valence-corrected chi connectivity index (χ3v) is 10.7. The number of rotatable bonds is 5. The summed E-state index contributed by atoms with van der Waals surface area (Å²) in [4.78, 5) is 0. The lowest BCUT2D eigenvalue weighted by atomic mass is 9.98. The zero-order chi connectivity index (χ0) is 33.0. The minimum absolute atomic E-state index is 1.14.